The lowest BCUT2D eigenvalue weighted by Crippen LogP contribution is -2.12. The van der Waals surface area contributed by atoms with E-state index in [9.17, 15) is 0 Å². The molecule has 1 aromatic carbocycles. The van der Waals surface area contributed by atoms with Crippen molar-refractivity contribution in [3.8, 4) is 22.1 Å². The van der Waals surface area contributed by atoms with E-state index in [1.807, 2.05) is 25.2 Å². The fourth-order valence-corrected chi connectivity index (χ4v) is 2.71. The highest BCUT2D eigenvalue weighted by Crippen LogP contribution is 2.37. The summed E-state index contributed by atoms with van der Waals surface area (Å²) in [7, 11) is 1.93. The lowest BCUT2D eigenvalue weighted by molar-refractivity contribution is 0.174. The summed E-state index contributed by atoms with van der Waals surface area (Å²) in [4.78, 5) is 4.64. The molecule has 0 saturated heterocycles. The van der Waals surface area contributed by atoms with Gasteiger partial charge in [-0.05, 0) is 32.2 Å². The quantitative estimate of drug-likeness (QED) is 0.923. The van der Waals surface area contributed by atoms with Crippen LogP contribution in [0.3, 0.4) is 0 Å². The summed E-state index contributed by atoms with van der Waals surface area (Å²) in [5, 5.41) is 6.28. The molecule has 1 aromatic heterocycles. The molecule has 0 fully saturated rings. The molecule has 0 saturated carbocycles. The van der Waals surface area contributed by atoms with E-state index in [4.69, 9.17) is 9.47 Å². The van der Waals surface area contributed by atoms with Gasteiger partial charge in [0.05, 0.1) is 5.69 Å². The largest absolute Gasteiger partial charge is 0.454 e. The van der Waals surface area contributed by atoms with Gasteiger partial charge in [0.15, 0.2) is 11.5 Å². The van der Waals surface area contributed by atoms with Gasteiger partial charge in [-0.2, -0.15) is 0 Å². The number of benzene rings is 1. The molecule has 18 heavy (non-hydrogen) atoms. The second-order valence-corrected chi connectivity index (χ2v) is 5.01. The molecule has 2 heterocycles. The van der Waals surface area contributed by atoms with Crippen LogP contribution in [0.1, 0.15) is 18.7 Å². The Morgan fingerprint density at radius 2 is 2.17 bits per heavy atom. The molecule has 3 rings (SSSR count). The van der Waals surface area contributed by atoms with Crippen molar-refractivity contribution in [1.82, 2.24) is 10.3 Å². The topological polar surface area (TPSA) is 43.4 Å². The molecular weight excluding hydrogens is 248 g/mol. The Morgan fingerprint density at radius 1 is 1.33 bits per heavy atom. The van der Waals surface area contributed by atoms with Gasteiger partial charge in [0.1, 0.15) is 5.01 Å². The minimum atomic E-state index is 0.268. The van der Waals surface area contributed by atoms with Gasteiger partial charge in [-0.15, -0.1) is 11.3 Å². The van der Waals surface area contributed by atoms with Crippen LogP contribution in [-0.2, 0) is 0 Å². The fourth-order valence-electron chi connectivity index (χ4n) is 1.80. The summed E-state index contributed by atoms with van der Waals surface area (Å²) in [5.41, 5.74) is 2.13. The van der Waals surface area contributed by atoms with Gasteiger partial charge >= 0.3 is 0 Å². The van der Waals surface area contributed by atoms with Crippen LogP contribution in [-0.4, -0.2) is 18.8 Å². The van der Waals surface area contributed by atoms with Gasteiger partial charge < -0.3 is 14.8 Å². The summed E-state index contributed by atoms with van der Waals surface area (Å²) in [6.07, 6.45) is 0. The number of ether oxygens (including phenoxy) is 2. The number of aromatic nitrogens is 1. The molecule has 1 aliphatic rings. The van der Waals surface area contributed by atoms with E-state index in [-0.39, 0.29) is 6.04 Å². The standard InChI is InChI=1S/C13H14N2O2S/c1-8(14-2)10-6-18-13(15-10)9-3-4-11-12(5-9)17-7-16-11/h3-6,8,14H,7H2,1-2H3. The molecule has 1 N–H and O–H groups in total. The maximum absolute atomic E-state index is 5.38. The van der Waals surface area contributed by atoms with Crippen LogP contribution in [0.4, 0.5) is 0 Å². The van der Waals surface area contributed by atoms with Crippen molar-refractivity contribution in [2.75, 3.05) is 13.8 Å². The highest BCUT2D eigenvalue weighted by molar-refractivity contribution is 7.13. The van der Waals surface area contributed by atoms with E-state index in [0.29, 0.717) is 6.79 Å². The SMILES string of the molecule is CNC(C)c1csc(-c2ccc3c(c2)OCO3)n1. The Labute approximate surface area is 110 Å². The van der Waals surface area contributed by atoms with Gasteiger partial charge in [0.25, 0.3) is 0 Å². The number of thiazole rings is 1. The van der Waals surface area contributed by atoms with Crippen molar-refractivity contribution < 1.29 is 9.47 Å². The van der Waals surface area contributed by atoms with Crippen LogP contribution in [0.2, 0.25) is 0 Å². The number of nitrogens with zero attached hydrogens (tertiary/aromatic N) is 1. The van der Waals surface area contributed by atoms with Crippen LogP contribution in [0.5, 0.6) is 11.5 Å². The summed E-state index contributed by atoms with van der Waals surface area (Å²) in [5.74, 6) is 1.60. The van der Waals surface area contributed by atoms with Crippen molar-refractivity contribution in [2.24, 2.45) is 0 Å². The molecule has 1 aliphatic heterocycles. The average Bonchev–Trinajstić information content (AvgIpc) is 3.05. The third-order valence-electron chi connectivity index (χ3n) is 3.02. The Morgan fingerprint density at radius 3 is 3.00 bits per heavy atom. The Balaban J connectivity index is 1.92. The highest BCUT2D eigenvalue weighted by atomic mass is 32.1. The van der Waals surface area contributed by atoms with Gasteiger partial charge in [-0.1, -0.05) is 0 Å². The van der Waals surface area contributed by atoms with E-state index < -0.39 is 0 Å². The first-order chi connectivity index (χ1) is 8.78. The smallest absolute Gasteiger partial charge is 0.231 e. The molecule has 0 amide bonds. The molecule has 94 valence electrons. The van der Waals surface area contributed by atoms with Gasteiger partial charge in [0.2, 0.25) is 6.79 Å². The number of nitrogens with one attached hydrogen (secondary N) is 1. The first-order valence-corrected chi connectivity index (χ1v) is 6.68. The summed E-state index contributed by atoms with van der Waals surface area (Å²) < 4.78 is 10.7. The van der Waals surface area contributed by atoms with Crippen LogP contribution >= 0.6 is 11.3 Å². The van der Waals surface area contributed by atoms with Crippen LogP contribution in [0.25, 0.3) is 10.6 Å². The van der Waals surface area contributed by atoms with E-state index in [1.165, 1.54) is 0 Å². The molecule has 0 radical (unpaired) electrons. The highest BCUT2D eigenvalue weighted by Gasteiger charge is 2.16. The molecule has 4 nitrogen and oxygen atoms in total. The van der Waals surface area contributed by atoms with Crippen molar-refractivity contribution in [3.63, 3.8) is 0 Å². The maximum Gasteiger partial charge on any atom is 0.231 e. The lowest BCUT2D eigenvalue weighted by Gasteiger charge is -2.05. The summed E-state index contributed by atoms with van der Waals surface area (Å²) >= 11 is 1.64. The van der Waals surface area contributed by atoms with Gasteiger partial charge in [-0.25, -0.2) is 4.98 Å². The molecule has 2 aromatic rings. The molecule has 0 spiro atoms. The maximum atomic E-state index is 5.38. The second-order valence-electron chi connectivity index (χ2n) is 4.16. The van der Waals surface area contributed by atoms with E-state index in [0.717, 1.165) is 27.8 Å². The first-order valence-electron chi connectivity index (χ1n) is 5.80. The molecule has 5 heteroatoms. The minimum Gasteiger partial charge on any atom is -0.454 e. The van der Waals surface area contributed by atoms with E-state index in [1.54, 1.807) is 11.3 Å². The zero-order valence-corrected chi connectivity index (χ0v) is 11.1. The van der Waals surface area contributed by atoms with Crippen molar-refractivity contribution in [3.05, 3.63) is 29.3 Å². The number of rotatable bonds is 3. The van der Waals surface area contributed by atoms with Crippen LogP contribution in [0.15, 0.2) is 23.6 Å². The average molecular weight is 262 g/mol. The molecule has 0 bridgehead atoms. The zero-order chi connectivity index (χ0) is 12.5. The minimum absolute atomic E-state index is 0.268. The second kappa shape index (κ2) is 4.59. The third-order valence-corrected chi connectivity index (χ3v) is 3.93. The van der Waals surface area contributed by atoms with Gasteiger partial charge in [0, 0.05) is 17.0 Å². The number of hydrogen-bond acceptors (Lipinski definition) is 5. The Kier molecular flexibility index (Phi) is 2.93. The van der Waals surface area contributed by atoms with E-state index >= 15 is 0 Å². The normalized spacial score (nSPS) is 14.8. The molecule has 1 unspecified atom stereocenters. The summed E-state index contributed by atoms with van der Waals surface area (Å²) in [6.45, 7) is 2.40. The van der Waals surface area contributed by atoms with E-state index in [2.05, 4.69) is 22.6 Å². The van der Waals surface area contributed by atoms with Crippen molar-refractivity contribution >= 4 is 11.3 Å². The molecular formula is C13H14N2O2S. The lowest BCUT2D eigenvalue weighted by atomic mass is 10.2. The fraction of sp³-hybridized carbons (Fsp3) is 0.308. The van der Waals surface area contributed by atoms with Crippen molar-refractivity contribution in [1.29, 1.82) is 0 Å². The summed E-state index contributed by atoms with van der Waals surface area (Å²) in [6, 6.07) is 6.19. The third kappa shape index (κ3) is 1.95. The zero-order valence-electron chi connectivity index (χ0n) is 10.3. The van der Waals surface area contributed by atoms with Crippen molar-refractivity contribution in [2.45, 2.75) is 13.0 Å². The number of fused-ring (bicyclic) bond motifs is 1. The van der Waals surface area contributed by atoms with Gasteiger partial charge in [-0.3, -0.25) is 0 Å². The number of hydrogen-bond donors (Lipinski definition) is 1. The predicted octanol–water partition coefficient (Wildman–Crippen LogP) is 2.82. The molecule has 0 aliphatic carbocycles. The first kappa shape index (κ1) is 11.5. The Hall–Kier alpha value is -1.59. The Bertz CT molecular complexity index is 568. The monoisotopic (exact) mass is 262 g/mol. The van der Waals surface area contributed by atoms with Crippen LogP contribution in [0, 0.1) is 0 Å². The van der Waals surface area contributed by atoms with Crippen LogP contribution < -0.4 is 14.8 Å². The predicted molar refractivity (Wildman–Crippen MR) is 71.1 cm³/mol. The molecule has 1 atom stereocenters.